The first-order valence-electron chi connectivity index (χ1n) is 8.08. The van der Waals surface area contributed by atoms with E-state index in [1.807, 2.05) is 30.3 Å². The third-order valence-electron chi connectivity index (χ3n) is 4.20. The largest absolute Gasteiger partial charge is 0.480 e. The van der Waals surface area contributed by atoms with Crippen LogP contribution >= 0.6 is 11.3 Å². The van der Waals surface area contributed by atoms with Crippen LogP contribution in [0.4, 0.5) is 5.69 Å². The van der Waals surface area contributed by atoms with Crippen molar-refractivity contribution in [1.29, 1.82) is 0 Å². The molecule has 0 saturated carbocycles. The number of anilines is 1. The van der Waals surface area contributed by atoms with Gasteiger partial charge in [-0.05, 0) is 6.42 Å². The van der Waals surface area contributed by atoms with Gasteiger partial charge in [0.15, 0.2) is 0 Å². The number of aromatic nitrogens is 4. The van der Waals surface area contributed by atoms with Crippen LogP contribution in [-0.4, -0.2) is 36.7 Å². The van der Waals surface area contributed by atoms with Crippen molar-refractivity contribution in [3.63, 3.8) is 0 Å². The predicted molar refractivity (Wildman–Crippen MR) is 96.8 cm³/mol. The number of aliphatic carboxylic acids is 1. The van der Waals surface area contributed by atoms with E-state index in [0.29, 0.717) is 23.7 Å². The zero-order valence-corrected chi connectivity index (χ0v) is 14.6. The van der Waals surface area contributed by atoms with Gasteiger partial charge in [0, 0.05) is 12.0 Å². The lowest BCUT2D eigenvalue weighted by molar-refractivity contribution is -0.140. The van der Waals surface area contributed by atoms with Crippen molar-refractivity contribution < 1.29 is 14.7 Å². The number of carboxylic acids is 1. The highest BCUT2D eigenvalue weighted by atomic mass is 32.1. The van der Waals surface area contributed by atoms with Gasteiger partial charge in [-0.1, -0.05) is 41.7 Å². The van der Waals surface area contributed by atoms with Gasteiger partial charge in [-0.15, -0.1) is 10.2 Å². The van der Waals surface area contributed by atoms with Crippen molar-refractivity contribution in [2.45, 2.75) is 18.9 Å². The van der Waals surface area contributed by atoms with Gasteiger partial charge in [0.05, 0.1) is 6.20 Å². The summed E-state index contributed by atoms with van der Waals surface area (Å²) in [5, 5.41) is 20.2. The fraction of sp³-hybridized carbons (Fsp3) is 0.176. The maximum atomic E-state index is 12.6. The molecule has 1 amide bonds. The predicted octanol–water partition coefficient (Wildman–Crippen LogP) is 1.59. The van der Waals surface area contributed by atoms with Crippen LogP contribution in [0.25, 0.3) is 10.6 Å². The smallest absolute Gasteiger partial charge is 0.326 e. The molecule has 0 radical (unpaired) electrons. The Labute approximate surface area is 156 Å². The molecule has 10 heteroatoms. The van der Waals surface area contributed by atoms with Crippen LogP contribution in [0.5, 0.6) is 0 Å². The molecule has 0 unspecified atom stereocenters. The number of carboxylic acid groups (broad SMARTS) is 1. The molecule has 4 rings (SSSR count). The Morgan fingerprint density at radius 2 is 2.00 bits per heavy atom. The molecule has 0 spiro atoms. The number of nitrogens with one attached hydrogen (secondary N) is 1. The second-order valence-corrected chi connectivity index (χ2v) is 6.87. The molecule has 3 heterocycles. The molecule has 1 atom stereocenters. The van der Waals surface area contributed by atoms with Gasteiger partial charge in [0.25, 0.3) is 11.5 Å². The van der Waals surface area contributed by atoms with E-state index < -0.39 is 23.5 Å². The van der Waals surface area contributed by atoms with Crippen molar-refractivity contribution in [3.8, 4) is 10.6 Å². The lowest BCUT2D eigenvalue weighted by atomic mass is 10.2. The maximum Gasteiger partial charge on any atom is 0.326 e. The zero-order chi connectivity index (χ0) is 19.0. The molecule has 2 N–H and O–H groups in total. The standard InChI is InChI=1S/C17H13N5O4S/c23-13(15-21-20-14(27-15)9-4-2-1-3-5-9)19-10-8-18-12-7-6-11(17(25)26)22(12)16(10)24/h1-5,8,11H,6-7H2,(H,19,23)(H,25,26)/t11-/m0/s1. The Balaban J connectivity index is 1.60. The molecule has 0 fully saturated rings. The highest BCUT2D eigenvalue weighted by molar-refractivity contribution is 7.16. The van der Waals surface area contributed by atoms with E-state index in [1.165, 1.54) is 6.20 Å². The number of benzene rings is 1. The van der Waals surface area contributed by atoms with Gasteiger partial charge in [-0.25, -0.2) is 9.78 Å². The molecule has 27 heavy (non-hydrogen) atoms. The van der Waals surface area contributed by atoms with Crippen molar-refractivity contribution in [3.05, 3.63) is 57.7 Å². The quantitative estimate of drug-likeness (QED) is 0.700. The summed E-state index contributed by atoms with van der Waals surface area (Å²) in [4.78, 5) is 40.4. The number of amides is 1. The first-order valence-corrected chi connectivity index (χ1v) is 8.89. The minimum Gasteiger partial charge on any atom is -0.480 e. The van der Waals surface area contributed by atoms with Crippen LogP contribution in [0, 0.1) is 0 Å². The maximum absolute atomic E-state index is 12.6. The van der Waals surface area contributed by atoms with Crippen molar-refractivity contribution in [2.75, 3.05) is 5.32 Å². The molecule has 1 aliphatic rings. The number of aryl methyl sites for hydroxylation is 1. The number of fused-ring (bicyclic) bond motifs is 1. The molecule has 136 valence electrons. The van der Waals surface area contributed by atoms with E-state index >= 15 is 0 Å². The normalized spacial score (nSPS) is 15.3. The van der Waals surface area contributed by atoms with Gasteiger partial charge >= 0.3 is 5.97 Å². The molecule has 1 aliphatic heterocycles. The Morgan fingerprint density at radius 1 is 1.22 bits per heavy atom. The third kappa shape index (κ3) is 3.10. The molecule has 9 nitrogen and oxygen atoms in total. The van der Waals surface area contributed by atoms with E-state index in [4.69, 9.17) is 0 Å². The fourth-order valence-corrected chi connectivity index (χ4v) is 3.66. The SMILES string of the molecule is O=C(Nc1cnc2n(c1=O)[C@H](C(=O)O)CC2)c1nnc(-c2ccccc2)s1. The summed E-state index contributed by atoms with van der Waals surface area (Å²) < 4.78 is 1.12. The molecular formula is C17H13N5O4S. The van der Waals surface area contributed by atoms with E-state index in [0.717, 1.165) is 21.5 Å². The number of carbonyl (C=O) groups is 2. The second kappa shape index (κ2) is 6.72. The first-order chi connectivity index (χ1) is 13.0. The van der Waals surface area contributed by atoms with E-state index in [9.17, 15) is 19.5 Å². The van der Waals surface area contributed by atoms with E-state index in [2.05, 4.69) is 20.5 Å². The highest BCUT2D eigenvalue weighted by Crippen LogP contribution is 2.25. The second-order valence-electron chi connectivity index (χ2n) is 5.89. The molecular weight excluding hydrogens is 370 g/mol. The molecule has 0 bridgehead atoms. The Hall–Kier alpha value is -3.40. The van der Waals surface area contributed by atoms with Crippen LogP contribution in [0.3, 0.4) is 0 Å². The number of nitrogens with zero attached hydrogens (tertiary/aromatic N) is 4. The van der Waals surface area contributed by atoms with Crippen LogP contribution < -0.4 is 10.9 Å². The summed E-state index contributed by atoms with van der Waals surface area (Å²) in [5.41, 5.74) is 0.150. The van der Waals surface area contributed by atoms with Gasteiger partial charge in [0.1, 0.15) is 22.6 Å². The minimum absolute atomic E-state index is 0.0895. The van der Waals surface area contributed by atoms with Crippen LogP contribution in [-0.2, 0) is 11.2 Å². The van der Waals surface area contributed by atoms with Crippen LogP contribution in [0.1, 0.15) is 28.1 Å². The lowest BCUT2D eigenvalue weighted by Gasteiger charge is -2.11. The first kappa shape index (κ1) is 17.0. The average Bonchev–Trinajstić information content (AvgIpc) is 3.32. The molecule has 1 aromatic carbocycles. The van der Waals surface area contributed by atoms with Gasteiger partial charge in [0.2, 0.25) is 5.01 Å². The van der Waals surface area contributed by atoms with E-state index in [-0.39, 0.29) is 10.7 Å². The van der Waals surface area contributed by atoms with Crippen molar-refractivity contribution in [1.82, 2.24) is 19.7 Å². The summed E-state index contributed by atoms with van der Waals surface area (Å²) in [5.74, 6) is -1.30. The lowest BCUT2D eigenvalue weighted by Crippen LogP contribution is -2.31. The minimum atomic E-state index is -1.10. The molecule has 0 aliphatic carbocycles. The molecule has 0 saturated heterocycles. The van der Waals surface area contributed by atoms with Gasteiger partial charge in [-0.2, -0.15) is 0 Å². The van der Waals surface area contributed by atoms with Crippen molar-refractivity contribution >= 4 is 28.9 Å². The summed E-state index contributed by atoms with van der Waals surface area (Å²) >= 11 is 1.09. The topological polar surface area (TPSA) is 127 Å². The zero-order valence-electron chi connectivity index (χ0n) is 13.8. The summed E-state index contributed by atoms with van der Waals surface area (Å²) in [7, 11) is 0. The van der Waals surface area contributed by atoms with Gasteiger partial charge in [-0.3, -0.25) is 14.2 Å². The summed E-state index contributed by atoms with van der Waals surface area (Å²) in [6.45, 7) is 0. The third-order valence-corrected chi connectivity index (χ3v) is 5.17. The number of rotatable bonds is 4. The summed E-state index contributed by atoms with van der Waals surface area (Å²) in [6.07, 6.45) is 1.94. The fourth-order valence-electron chi connectivity index (χ4n) is 2.91. The average molecular weight is 383 g/mol. The van der Waals surface area contributed by atoms with Crippen LogP contribution in [0.2, 0.25) is 0 Å². The number of hydrogen-bond donors (Lipinski definition) is 2. The van der Waals surface area contributed by atoms with Gasteiger partial charge < -0.3 is 10.4 Å². The molecule has 2 aromatic heterocycles. The van der Waals surface area contributed by atoms with Crippen molar-refractivity contribution in [2.24, 2.45) is 0 Å². The Morgan fingerprint density at radius 3 is 2.74 bits per heavy atom. The van der Waals surface area contributed by atoms with E-state index in [1.54, 1.807) is 0 Å². The summed E-state index contributed by atoms with van der Waals surface area (Å²) in [6, 6.07) is 8.31. The number of hydrogen-bond acceptors (Lipinski definition) is 7. The van der Waals surface area contributed by atoms with Crippen LogP contribution in [0.15, 0.2) is 41.3 Å². The highest BCUT2D eigenvalue weighted by Gasteiger charge is 2.31. The molecule has 3 aromatic rings. The number of carbonyl (C=O) groups excluding carboxylic acids is 1. The Bertz CT molecular complexity index is 1090. The Kier molecular flexibility index (Phi) is 4.24. The monoisotopic (exact) mass is 383 g/mol.